The second-order valence-electron chi connectivity index (χ2n) is 5.86. The Morgan fingerprint density at radius 3 is 2.28 bits per heavy atom. The molecule has 3 rings (SSSR count). The Morgan fingerprint density at radius 2 is 1.68 bits per heavy atom. The van der Waals surface area contributed by atoms with Crippen molar-refractivity contribution < 1.29 is 9.53 Å². The Kier molecular flexibility index (Phi) is 5.66. The van der Waals surface area contributed by atoms with Crippen LogP contribution in [0.1, 0.15) is 6.92 Å². The first kappa shape index (κ1) is 17.8. The van der Waals surface area contributed by atoms with Crippen LogP contribution in [0.15, 0.2) is 42.6 Å². The van der Waals surface area contributed by atoms with Gasteiger partial charge in [-0.2, -0.15) is 0 Å². The lowest BCUT2D eigenvalue weighted by atomic mass is 10.2. The minimum absolute atomic E-state index is 0.0151. The van der Waals surface area contributed by atoms with Gasteiger partial charge in [0, 0.05) is 37.4 Å². The van der Waals surface area contributed by atoms with Crippen molar-refractivity contribution in [2.24, 2.45) is 0 Å². The Bertz CT molecular complexity index is 714. The molecule has 1 unspecified atom stereocenters. The van der Waals surface area contributed by atoms with E-state index in [9.17, 15) is 4.79 Å². The van der Waals surface area contributed by atoms with E-state index in [4.69, 9.17) is 27.9 Å². The zero-order valence-electron chi connectivity index (χ0n) is 13.9. The summed E-state index contributed by atoms with van der Waals surface area (Å²) in [7, 11) is 0. The van der Waals surface area contributed by atoms with E-state index in [1.807, 2.05) is 17.0 Å². The number of amides is 1. The predicted octanol–water partition coefficient (Wildman–Crippen LogP) is 3.50. The normalized spacial score (nSPS) is 15.8. The minimum Gasteiger partial charge on any atom is -0.481 e. The van der Waals surface area contributed by atoms with Gasteiger partial charge in [-0.15, -0.1) is 0 Å². The Balaban J connectivity index is 1.53. The number of halogens is 2. The van der Waals surface area contributed by atoms with Gasteiger partial charge >= 0.3 is 0 Å². The van der Waals surface area contributed by atoms with Crippen molar-refractivity contribution in [3.05, 3.63) is 52.6 Å². The summed E-state index contributed by atoms with van der Waals surface area (Å²) >= 11 is 11.7. The first-order chi connectivity index (χ1) is 12.0. The average Bonchev–Trinajstić information content (AvgIpc) is 2.64. The first-order valence-electron chi connectivity index (χ1n) is 8.10. The number of hydrogen-bond donors (Lipinski definition) is 0. The summed E-state index contributed by atoms with van der Waals surface area (Å²) in [5.74, 6) is 1.50. The van der Waals surface area contributed by atoms with Gasteiger partial charge in [0.05, 0.1) is 5.02 Å². The van der Waals surface area contributed by atoms with Gasteiger partial charge < -0.3 is 14.5 Å². The van der Waals surface area contributed by atoms with Gasteiger partial charge in [0.15, 0.2) is 6.10 Å². The van der Waals surface area contributed by atoms with Crippen LogP contribution < -0.4 is 9.64 Å². The van der Waals surface area contributed by atoms with E-state index in [2.05, 4.69) is 9.88 Å². The number of ether oxygens (including phenoxy) is 1. The van der Waals surface area contributed by atoms with Crippen molar-refractivity contribution in [3.63, 3.8) is 0 Å². The summed E-state index contributed by atoms with van der Waals surface area (Å²) in [5, 5.41) is 1.25. The zero-order valence-corrected chi connectivity index (χ0v) is 15.4. The number of hydrogen-bond acceptors (Lipinski definition) is 4. The summed E-state index contributed by atoms with van der Waals surface area (Å²) < 4.78 is 5.72. The fraction of sp³-hybridized carbons (Fsp3) is 0.333. The Labute approximate surface area is 157 Å². The number of rotatable bonds is 4. The molecule has 1 aromatic carbocycles. The molecule has 1 fully saturated rings. The molecule has 0 aliphatic carbocycles. The average molecular weight is 380 g/mol. The second kappa shape index (κ2) is 7.93. The van der Waals surface area contributed by atoms with E-state index < -0.39 is 6.10 Å². The van der Waals surface area contributed by atoms with Gasteiger partial charge in [-0.3, -0.25) is 4.79 Å². The highest BCUT2D eigenvalue weighted by molar-refractivity contribution is 6.30. The standard InChI is InChI=1S/C18H19Cl2N3O2/c1-13(25-16-5-2-14(19)3-6-16)18(24)23-10-8-22(9-11-23)17-7-4-15(20)12-21-17/h2-7,12-13H,8-11H2,1H3. The van der Waals surface area contributed by atoms with E-state index in [0.29, 0.717) is 28.9 Å². The largest absolute Gasteiger partial charge is 0.481 e. The van der Waals surface area contributed by atoms with E-state index in [0.717, 1.165) is 18.9 Å². The highest BCUT2D eigenvalue weighted by Crippen LogP contribution is 2.19. The highest BCUT2D eigenvalue weighted by atomic mass is 35.5. The molecule has 0 N–H and O–H groups in total. The van der Waals surface area contributed by atoms with Crippen molar-refractivity contribution in [3.8, 4) is 5.75 Å². The smallest absolute Gasteiger partial charge is 0.263 e. The fourth-order valence-electron chi connectivity index (χ4n) is 2.74. The van der Waals surface area contributed by atoms with E-state index in [1.54, 1.807) is 37.4 Å². The molecule has 2 aromatic rings. The summed E-state index contributed by atoms with van der Waals surface area (Å²) in [6.45, 7) is 4.50. The molecule has 1 aromatic heterocycles. The highest BCUT2D eigenvalue weighted by Gasteiger charge is 2.26. The lowest BCUT2D eigenvalue weighted by molar-refractivity contribution is -0.138. The van der Waals surface area contributed by atoms with E-state index in [1.165, 1.54) is 0 Å². The van der Waals surface area contributed by atoms with Crippen LogP contribution in [0.5, 0.6) is 5.75 Å². The fourth-order valence-corrected chi connectivity index (χ4v) is 2.97. The number of benzene rings is 1. The van der Waals surface area contributed by atoms with Crippen molar-refractivity contribution >= 4 is 34.9 Å². The summed E-state index contributed by atoms with van der Waals surface area (Å²) in [5.41, 5.74) is 0. The van der Waals surface area contributed by atoms with Crippen LogP contribution in [-0.2, 0) is 4.79 Å². The van der Waals surface area contributed by atoms with Crippen molar-refractivity contribution in [2.45, 2.75) is 13.0 Å². The lowest BCUT2D eigenvalue weighted by Crippen LogP contribution is -2.52. The summed E-state index contributed by atoms with van der Waals surface area (Å²) in [4.78, 5) is 20.9. The van der Waals surface area contributed by atoms with Crippen LogP contribution in [0.25, 0.3) is 0 Å². The van der Waals surface area contributed by atoms with Gasteiger partial charge in [0.2, 0.25) is 0 Å². The second-order valence-corrected chi connectivity index (χ2v) is 6.73. The Morgan fingerprint density at radius 1 is 1.04 bits per heavy atom. The van der Waals surface area contributed by atoms with Crippen LogP contribution in [0.3, 0.4) is 0 Å². The maximum Gasteiger partial charge on any atom is 0.263 e. The van der Waals surface area contributed by atoms with Crippen molar-refractivity contribution in [1.82, 2.24) is 9.88 Å². The molecule has 1 amide bonds. The maximum atomic E-state index is 12.6. The molecule has 132 valence electrons. The maximum absolute atomic E-state index is 12.6. The number of piperazine rings is 1. The number of carbonyl (C=O) groups excluding carboxylic acids is 1. The van der Waals surface area contributed by atoms with Gasteiger partial charge in [-0.25, -0.2) is 4.98 Å². The van der Waals surface area contributed by atoms with Gasteiger partial charge in [0.25, 0.3) is 5.91 Å². The number of nitrogens with zero attached hydrogens (tertiary/aromatic N) is 3. The molecule has 0 radical (unpaired) electrons. The van der Waals surface area contributed by atoms with Gasteiger partial charge in [0.1, 0.15) is 11.6 Å². The molecular formula is C18H19Cl2N3O2. The van der Waals surface area contributed by atoms with Crippen LogP contribution in [-0.4, -0.2) is 48.1 Å². The molecule has 0 spiro atoms. The molecule has 0 saturated carbocycles. The van der Waals surface area contributed by atoms with Crippen molar-refractivity contribution in [2.75, 3.05) is 31.1 Å². The van der Waals surface area contributed by atoms with Gasteiger partial charge in [-0.05, 0) is 43.3 Å². The molecule has 25 heavy (non-hydrogen) atoms. The molecule has 1 atom stereocenters. The van der Waals surface area contributed by atoms with Crippen LogP contribution >= 0.6 is 23.2 Å². The zero-order chi connectivity index (χ0) is 17.8. The summed E-state index contributed by atoms with van der Waals surface area (Å²) in [6, 6.07) is 10.7. The SMILES string of the molecule is CC(Oc1ccc(Cl)cc1)C(=O)N1CCN(c2ccc(Cl)cn2)CC1. The monoisotopic (exact) mass is 379 g/mol. The van der Waals surface area contributed by atoms with E-state index >= 15 is 0 Å². The quantitative estimate of drug-likeness (QED) is 0.815. The third kappa shape index (κ3) is 4.55. The predicted molar refractivity (Wildman–Crippen MR) is 99.6 cm³/mol. The number of aromatic nitrogens is 1. The third-order valence-electron chi connectivity index (χ3n) is 4.10. The number of carbonyl (C=O) groups is 1. The lowest BCUT2D eigenvalue weighted by Gasteiger charge is -2.36. The number of anilines is 1. The molecule has 7 heteroatoms. The first-order valence-corrected chi connectivity index (χ1v) is 8.86. The van der Waals surface area contributed by atoms with Crippen molar-refractivity contribution in [1.29, 1.82) is 0 Å². The molecule has 1 aliphatic rings. The third-order valence-corrected chi connectivity index (χ3v) is 4.58. The van der Waals surface area contributed by atoms with Crippen LogP contribution in [0.2, 0.25) is 10.0 Å². The van der Waals surface area contributed by atoms with Gasteiger partial charge in [-0.1, -0.05) is 23.2 Å². The van der Waals surface area contributed by atoms with E-state index in [-0.39, 0.29) is 5.91 Å². The topological polar surface area (TPSA) is 45.7 Å². The van der Waals surface area contributed by atoms with Crippen LogP contribution in [0, 0.1) is 0 Å². The van der Waals surface area contributed by atoms with Crippen LogP contribution in [0.4, 0.5) is 5.82 Å². The molecule has 1 saturated heterocycles. The number of pyridine rings is 1. The molecular weight excluding hydrogens is 361 g/mol. The molecule has 1 aliphatic heterocycles. The molecule has 2 heterocycles. The minimum atomic E-state index is -0.540. The molecule has 0 bridgehead atoms. The summed E-state index contributed by atoms with van der Waals surface area (Å²) in [6.07, 6.45) is 1.09. The molecule has 5 nitrogen and oxygen atoms in total. The Hall–Kier alpha value is -1.98.